The van der Waals surface area contributed by atoms with E-state index in [1.807, 2.05) is 54.7 Å². The van der Waals surface area contributed by atoms with Gasteiger partial charge in [-0.1, -0.05) is 6.58 Å². The molecule has 1 fully saturated rings. The molecular formula is C27H23N9. The second-order valence-corrected chi connectivity index (χ2v) is 9.27. The predicted octanol–water partition coefficient (Wildman–Crippen LogP) is 5.39. The number of hydrogen-bond acceptors (Lipinski definition) is 6. The van der Waals surface area contributed by atoms with Gasteiger partial charge in [-0.25, -0.2) is 9.97 Å². The molecule has 176 valence electrons. The van der Waals surface area contributed by atoms with E-state index in [4.69, 9.17) is 0 Å². The third kappa shape index (κ3) is 3.52. The van der Waals surface area contributed by atoms with Crippen LogP contribution in [-0.2, 0) is 0 Å². The minimum Gasteiger partial charge on any atom is -0.358 e. The zero-order valence-corrected chi connectivity index (χ0v) is 19.7. The second-order valence-electron chi connectivity index (χ2n) is 9.27. The molecule has 6 heterocycles. The summed E-state index contributed by atoms with van der Waals surface area (Å²) in [5, 5.41) is 13.1. The van der Waals surface area contributed by atoms with Crippen molar-refractivity contribution in [3.05, 3.63) is 79.5 Å². The normalized spacial score (nSPS) is 13.5. The van der Waals surface area contributed by atoms with Crippen molar-refractivity contribution in [1.29, 1.82) is 0 Å². The molecule has 0 amide bonds. The van der Waals surface area contributed by atoms with Crippen molar-refractivity contribution in [2.24, 2.45) is 5.92 Å². The molecule has 1 aliphatic carbocycles. The molecule has 6 aromatic heterocycles. The monoisotopic (exact) mass is 473 g/mol. The Bertz CT molecular complexity index is 1770. The molecule has 9 heteroatoms. The lowest BCUT2D eigenvalue weighted by Gasteiger charge is -2.09. The fourth-order valence-corrected chi connectivity index (χ4v) is 4.57. The number of aryl methyl sites for hydroxylation is 1. The first-order valence-electron chi connectivity index (χ1n) is 11.9. The van der Waals surface area contributed by atoms with Gasteiger partial charge >= 0.3 is 0 Å². The number of hydrogen-bond donors (Lipinski definition) is 3. The maximum absolute atomic E-state index is 4.66. The van der Waals surface area contributed by atoms with Gasteiger partial charge in [0.1, 0.15) is 11.3 Å². The van der Waals surface area contributed by atoms with Crippen LogP contribution in [0.5, 0.6) is 0 Å². The van der Waals surface area contributed by atoms with Gasteiger partial charge in [0.15, 0.2) is 0 Å². The van der Waals surface area contributed by atoms with Gasteiger partial charge in [-0.05, 0) is 49.9 Å². The highest BCUT2D eigenvalue weighted by Crippen LogP contribution is 2.36. The van der Waals surface area contributed by atoms with Crippen LogP contribution in [0.15, 0.2) is 73.9 Å². The number of nitrogens with zero attached hydrogens (tertiary/aromatic N) is 6. The van der Waals surface area contributed by atoms with Crippen molar-refractivity contribution in [3.63, 3.8) is 0 Å². The van der Waals surface area contributed by atoms with E-state index < -0.39 is 0 Å². The molecule has 0 bridgehead atoms. The number of allylic oxidation sites excluding steroid dienone is 1. The van der Waals surface area contributed by atoms with E-state index >= 15 is 0 Å². The van der Waals surface area contributed by atoms with E-state index in [2.05, 4.69) is 59.1 Å². The Hall–Kier alpha value is -4.79. The molecule has 0 aliphatic heterocycles. The van der Waals surface area contributed by atoms with Crippen molar-refractivity contribution in [3.8, 4) is 28.3 Å². The lowest BCUT2D eigenvalue weighted by atomic mass is 10.1. The highest BCUT2D eigenvalue weighted by atomic mass is 15.1. The molecule has 6 aromatic rings. The van der Waals surface area contributed by atoms with Crippen molar-refractivity contribution in [2.75, 3.05) is 5.32 Å². The molecule has 0 saturated heterocycles. The van der Waals surface area contributed by atoms with Crippen molar-refractivity contribution in [2.45, 2.75) is 19.8 Å². The summed E-state index contributed by atoms with van der Waals surface area (Å²) in [6.07, 6.45) is 13.5. The molecule has 7 rings (SSSR count). The van der Waals surface area contributed by atoms with E-state index in [9.17, 15) is 0 Å². The fourth-order valence-electron chi connectivity index (χ4n) is 4.57. The number of H-pyrrole nitrogens is 2. The number of fused-ring (bicyclic) bond motifs is 2. The summed E-state index contributed by atoms with van der Waals surface area (Å²) >= 11 is 0. The van der Waals surface area contributed by atoms with Crippen molar-refractivity contribution in [1.82, 2.24) is 39.7 Å². The lowest BCUT2D eigenvalue weighted by molar-refractivity contribution is 1.02. The molecule has 0 atom stereocenters. The van der Waals surface area contributed by atoms with Gasteiger partial charge in [0, 0.05) is 40.6 Å². The first-order valence-corrected chi connectivity index (χ1v) is 11.9. The zero-order chi connectivity index (χ0) is 24.2. The highest BCUT2D eigenvalue weighted by molar-refractivity contribution is 5.97. The number of nitrogens with one attached hydrogen (secondary N) is 3. The number of anilines is 1. The summed E-state index contributed by atoms with van der Waals surface area (Å²) in [6.45, 7) is 6.13. The first kappa shape index (κ1) is 20.6. The Morgan fingerprint density at radius 3 is 2.83 bits per heavy atom. The summed E-state index contributed by atoms with van der Waals surface area (Å²) in [5.41, 5.74) is 9.01. The molecule has 36 heavy (non-hydrogen) atoms. The minimum absolute atomic E-state index is 0.570. The van der Waals surface area contributed by atoms with Crippen LogP contribution in [-0.4, -0.2) is 39.7 Å². The van der Waals surface area contributed by atoms with Crippen LogP contribution in [0.4, 0.5) is 5.69 Å². The van der Waals surface area contributed by atoms with E-state index in [1.54, 1.807) is 6.20 Å². The quantitative estimate of drug-likeness (QED) is 0.299. The summed E-state index contributed by atoms with van der Waals surface area (Å²) < 4.78 is 2.01. The summed E-state index contributed by atoms with van der Waals surface area (Å²) in [6, 6.07) is 8.17. The van der Waals surface area contributed by atoms with Crippen LogP contribution in [0.1, 0.15) is 18.5 Å². The van der Waals surface area contributed by atoms with Crippen LogP contribution in [0.3, 0.4) is 0 Å². The molecule has 0 aromatic carbocycles. The number of aromatic nitrogens is 8. The lowest BCUT2D eigenvalue weighted by Crippen LogP contribution is -2.00. The molecule has 3 N–H and O–H groups in total. The Balaban J connectivity index is 1.28. The largest absolute Gasteiger partial charge is 0.358 e. The average molecular weight is 474 g/mol. The van der Waals surface area contributed by atoms with Gasteiger partial charge < -0.3 is 14.9 Å². The maximum Gasteiger partial charge on any atom is 0.139 e. The van der Waals surface area contributed by atoms with E-state index in [0.717, 1.165) is 67.3 Å². The second kappa shape index (κ2) is 7.88. The van der Waals surface area contributed by atoms with Crippen LogP contribution < -0.4 is 5.32 Å². The molecule has 1 aliphatic rings. The van der Waals surface area contributed by atoms with Crippen molar-refractivity contribution < 1.29 is 0 Å². The van der Waals surface area contributed by atoms with Gasteiger partial charge in [0.25, 0.3) is 0 Å². The van der Waals surface area contributed by atoms with Gasteiger partial charge in [-0.15, -0.1) is 0 Å². The van der Waals surface area contributed by atoms with Crippen LogP contribution in [0.25, 0.3) is 50.3 Å². The van der Waals surface area contributed by atoms with E-state index in [0.29, 0.717) is 5.92 Å². The Kier molecular flexibility index (Phi) is 4.50. The maximum atomic E-state index is 4.66. The molecule has 1 saturated carbocycles. The Morgan fingerprint density at radius 2 is 2.00 bits per heavy atom. The third-order valence-corrected chi connectivity index (χ3v) is 6.61. The molecule has 0 unspecified atom stereocenters. The van der Waals surface area contributed by atoms with Gasteiger partial charge in [0.2, 0.25) is 0 Å². The topological polar surface area (TPSA) is 113 Å². The smallest absolute Gasteiger partial charge is 0.139 e. The number of aromatic amines is 2. The van der Waals surface area contributed by atoms with Gasteiger partial charge in [-0.3, -0.25) is 15.1 Å². The Morgan fingerprint density at radius 1 is 1.08 bits per heavy atom. The van der Waals surface area contributed by atoms with E-state index in [-0.39, 0.29) is 0 Å². The standard InChI is InChI=1S/C27H23N9/c1-15-13-36(14-31-15)25-5-6-29-27-21(25)9-23(33-27)26-20-8-22(30-12-24(20)34-35-26)18-7-19(11-28-10-18)32-16(2)17-3-4-17/h5-14,17,32H,2-4H2,1H3,(H,29,33)(H,34,35). The first-order chi connectivity index (χ1) is 17.6. The van der Waals surface area contributed by atoms with Crippen molar-refractivity contribution >= 4 is 27.6 Å². The minimum atomic E-state index is 0.570. The summed E-state index contributed by atoms with van der Waals surface area (Å²) in [4.78, 5) is 21.4. The fraction of sp³-hybridized carbons (Fsp3) is 0.148. The van der Waals surface area contributed by atoms with Gasteiger partial charge in [-0.2, -0.15) is 5.10 Å². The number of pyridine rings is 3. The highest BCUT2D eigenvalue weighted by Gasteiger charge is 2.24. The molecular weight excluding hydrogens is 450 g/mol. The molecule has 0 radical (unpaired) electrons. The number of rotatable bonds is 6. The Labute approximate surface area is 206 Å². The summed E-state index contributed by atoms with van der Waals surface area (Å²) in [7, 11) is 0. The molecule has 9 nitrogen and oxygen atoms in total. The van der Waals surface area contributed by atoms with E-state index in [1.165, 1.54) is 12.8 Å². The third-order valence-electron chi connectivity index (χ3n) is 6.61. The van der Waals surface area contributed by atoms with Crippen LogP contribution in [0, 0.1) is 12.8 Å². The summed E-state index contributed by atoms with van der Waals surface area (Å²) in [5.74, 6) is 0.570. The van der Waals surface area contributed by atoms with Crippen LogP contribution in [0.2, 0.25) is 0 Å². The average Bonchev–Trinajstić information content (AvgIpc) is 3.30. The van der Waals surface area contributed by atoms with Gasteiger partial charge in [0.05, 0.1) is 52.7 Å². The predicted molar refractivity (Wildman–Crippen MR) is 140 cm³/mol. The SMILES string of the molecule is C=C(Nc1cncc(-c2cc3c(-c4cc5c(-n6cnc(C)c6)ccnc5[nH]4)n[nH]c3cn2)c1)C1CC1. The molecule has 0 spiro atoms. The number of imidazole rings is 1. The zero-order valence-electron chi connectivity index (χ0n) is 19.7. The van der Waals surface area contributed by atoms with Crippen LogP contribution >= 0.6 is 0 Å².